The van der Waals surface area contributed by atoms with Crippen LogP contribution < -0.4 is 15.8 Å². The molecule has 0 aliphatic carbocycles. The number of esters is 1. The molecule has 1 saturated heterocycles. The molecule has 0 bridgehead atoms. The zero-order valence-corrected chi connectivity index (χ0v) is 20.1. The van der Waals surface area contributed by atoms with Crippen molar-refractivity contribution in [1.82, 2.24) is 19.9 Å². The Kier molecular flexibility index (Phi) is 5.55. The van der Waals surface area contributed by atoms with Gasteiger partial charge in [0.2, 0.25) is 12.3 Å². The van der Waals surface area contributed by atoms with Crippen LogP contribution in [0.3, 0.4) is 0 Å². The Labute approximate surface area is 202 Å². The predicted octanol–water partition coefficient (Wildman–Crippen LogP) is 2.84. The van der Waals surface area contributed by atoms with Gasteiger partial charge in [-0.05, 0) is 49.9 Å². The minimum atomic E-state index is -0.650. The van der Waals surface area contributed by atoms with Crippen LogP contribution in [0.2, 0.25) is 0 Å². The van der Waals surface area contributed by atoms with Crippen LogP contribution in [0.5, 0.6) is 5.88 Å². The number of carbonyl (C=O) groups excluding carboxylic acids is 2. The van der Waals surface area contributed by atoms with Gasteiger partial charge in [0, 0.05) is 23.9 Å². The van der Waals surface area contributed by atoms with Crippen LogP contribution in [-0.4, -0.2) is 57.5 Å². The van der Waals surface area contributed by atoms with E-state index in [0.717, 1.165) is 22.7 Å². The highest BCUT2D eigenvalue weighted by Gasteiger charge is 2.32. The fourth-order valence-corrected chi connectivity index (χ4v) is 4.33. The van der Waals surface area contributed by atoms with Gasteiger partial charge >= 0.3 is 5.97 Å². The number of ether oxygens (including phenoxy) is 2. The molecule has 3 aromatic heterocycles. The van der Waals surface area contributed by atoms with Gasteiger partial charge in [0.1, 0.15) is 23.8 Å². The highest BCUT2D eigenvalue weighted by molar-refractivity contribution is 5.93. The maximum Gasteiger partial charge on any atom is 0.340 e. The summed E-state index contributed by atoms with van der Waals surface area (Å²) in [6.07, 6.45) is 3.88. The summed E-state index contributed by atoms with van der Waals surface area (Å²) in [5.74, 6) is 1.22. The van der Waals surface area contributed by atoms with E-state index < -0.39 is 5.54 Å². The number of fused-ring (bicyclic) bond motifs is 2. The smallest absolute Gasteiger partial charge is 0.340 e. The molecule has 35 heavy (non-hydrogen) atoms. The molecule has 10 nitrogen and oxygen atoms in total. The fraction of sp³-hybridized carbons (Fsp3) is 0.400. The van der Waals surface area contributed by atoms with Gasteiger partial charge in [-0.1, -0.05) is 6.92 Å². The van der Waals surface area contributed by atoms with Gasteiger partial charge < -0.3 is 25.4 Å². The molecular weight excluding hydrogens is 448 g/mol. The average molecular weight is 477 g/mol. The van der Waals surface area contributed by atoms with Crippen molar-refractivity contribution in [2.24, 2.45) is 5.73 Å². The lowest BCUT2D eigenvalue weighted by molar-refractivity contribution is -0.126. The maximum absolute atomic E-state index is 12.2. The molecule has 2 aliphatic heterocycles. The Morgan fingerprint density at radius 2 is 1.94 bits per heavy atom. The number of hydrogen-bond donors (Lipinski definition) is 2. The summed E-state index contributed by atoms with van der Waals surface area (Å²) in [6.45, 7) is 8.73. The molecule has 3 aromatic rings. The van der Waals surface area contributed by atoms with Crippen LogP contribution >= 0.6 is 0 Å². The van der Waals surface area contributed by atoms with Crippen molar-refractivity contribution in [2.75, 3.05) is 18.4 Å². The first kappa shape index (κ1) is 23.0. The molecule has 182 valence electrons. The van der Waals surface area contributed by atoms with E-state index in [1.54, 1.807) is 29.4 Å². The number of carbonyl (C=O) groups is 2. The first-order chi connectivity index (χ1) is 16.6. The van der Waals surface area contributed by atoms with Crippen LogP contribution in [-0.2, 0) is 15.1 Å². The molecule has 0 saturated carbocycles. The summed E-state index contributed by atoms with van der Waals surface area (Å²) in [6, 6.07) is 5.36. The molecule has 1 fully saturated rings. The first-order valence-electron chi connectivity index (χ1n) is 11.6. The Balaban J connectivity index is 1.49. The standard InChI is InChI=1S/C25H28N6O4/c1-13-14(2)34-24(33)16-5-6-20(30-22(13)16)29-21-7-17-18(8-27-21)23(28-9-19(17)25(3,4)26)35-15-10-31(11-15)12-32/h5-9,12-15H,10-11,26H2,1-4H3,(H,27,29,30)/t13-,14?/m0/s1. The summed E-state index contributed by atoms with van der Waals surface area (Å²) in [5, 5.41) is 4.84. The minimum Gasteiger partial charge on any atom is -0.470 e. The van der Waals surface area contributed by atoms with E-state index in [4.69, 9.17) is 15.2 Å². The van der Waals surface area contributed by atoms with Gasteiger partial charge in [-0.2, -0.15) is 0 Å². The molecule has 0 spiro atoms. The summed E-state index contributed by atoms with van der Waals surface area (Å²) in [4.78, 5) is 38.5. The number of rotatable bonds is 6. The lowest BCUT2D eigenvalue weighted by Crippen LogP contribution is -2.52. The van der Waals surface area contributed by atoms with E-state index in [2.05, 4.69) is 20.3 Å². The number of nitrogens with one attached hydrogen (secondary N) is 1. The fourth-order valence-electron chi connectivity index (χ4n) is 4.33. The van der Waals surface area contributed by atoms with Crippen molar-refractivity contribution in [2.45, 2.75) is 51.4 Å². The van der Waals surface area contributed by atoms with E-state index in [1.807, 2.05) is 33.8 Å². The van der Waals surface area contributed by atoms with Crippen LogP contribution in [0.1, 0.15) is 55.2 Å². The number of cyclic esters (lactones) is 1. The summed E-state index contributed by atoms with van der Waals surface area (Å²) in [5.41, 5.74) is 7.82. The van der Waals surface area contributed by atoms with Gasteiger partial charge in [0.05, 0.1) is 29.7 Å². The molecule has 2 aliphatic rings. The monoisotopic (exact) mass is 476 g/mol. The maximum atomic E-state index is 12.2. The zero-order valence-electron chi connectivity index (χ0n) is 20.1. The average Bonchev–Trinajstić information content (AvgIpc) is 2.78. The quantitative estimate of drug-likeness (QED) is 0.407. The van der Waals surface area contributed by atoms with E-state index >= 15 is 0 Å². The Morgan fingerprint density at radius 1 is 1.17 bits per heavy atom. The van der Waals surface area contributed by atoms with Crippen molar-refractivity contribution in [3.63, 3.8) is 0 Å². The SMILES string of the molecule is CC1OC(=O)c2ccc(Nc3cc4c(C(C)(C)N)cnc(OC5CN(C=O)C5)c4cn3)nc2[C@H]1C. The van der Waals surface area contributed by atoms with E-state index in [0.29, 0.717) is 41.9 Å². The normalized spacial score (nSPS) is 20.1. The van der Waals surface area contributed by atoms with E-state index in [1.165, 1.54) is 0 Å². The van der Waals surface area contributed by atoms with Crippen molar-refractivity contribution in [1.29, 1.82) is 0 Å². The van der Waals surface area contributed by atoms with Crippen molar-refractivity contribution >= 4 is 34.8 Å². The minimum absolute atomic E-state index is 0.0221. The third-order valence-corrected chi connectivity index (χ3v) is 6.56. The van der Waals surface area contributed by atoms with Crippen LogP contribution in [0.15, 0.2) is 30.6 Å². The molecule has 3 N–H and O–H groups in total. The largest absolute Gasteiger partial charge is 0.470 e. The van der Waals surface area contributed by atoms with E-state index in [9.17, 15) is 9.59 Å². The predicted molar refractivity (Wildman–Crippen MR) is 130 cm³/mol. The van der Waals surface area contributed by atoms with Crippen molar-refractivity contribution < 1.29 is 19.1 Å². The van der Waals surface area contributed by atoms with Gasteiger partial charge in [0.25, 0.3) is 0 Å². The number of aromatic nitrogens is 3. The second-order valence-electron chi connectivity index (χ2n) is 9.77. The lowest BCUT2D eigenvalue weighted by atomic mass is 9.93. The van der Waals surface area contributed by atoms with Crippen LogP contribution in [0.25, 0.3) is 10.8 Å². The summed E-state index contributed by atoms with van der Waals surface area (Å²) < 4.78 is 11.4. The molecule has 10 heteroatoms. The Hall–Kier alpha value is -3.79. The number of amides is 1. The molecule has 2 atom stereocenters. The number of hydrogen-bond acceptors (Lipinski definition) is 9. The number of pyridine rings is 3. The van der Waals surface area contributed by atoms with Gasteiger partial charge in [-0.15, -0.1) is 0 Å². The molecule has 0 radical (unpaired) electrons. The molecule has 0 aromatic carbocycles. The molecule has 5 rings (SSSR count). The van der Waals surface area contributed by atoms with Crippen molar-refractivity contribution in [3.05, 3.63) is 47.4 Å². The first-order valence-corrected chi connectivity index (χ1v) is 11.6. The number of anilines is 2. The Bertz CT molecular complexity index is 1320. The number of nitrogens with two attached hydrogens (primary N) is 1. The van der Waals surface area contributed by atoms with E-state index in [-0.39, 0.29) is 24.1 Å². The summed E-state index contributed by atoms with van der Waals surface area (Å²) in [7, 11) is 0. The number of likely N-dealkylation sites (tertiary alicyclic amines) is 1. The van der Waals surface area contributed by atoms with Gasteiger partial charge in [-0.25, -0.2) is 19.7 Å². The highest BCUT2D eigenvalue weighted by atomic mass is 16.5. The van der Waals surface area contributed by atoms with Crippen LogP contribution in [0.4, 0.5) is 11.6 Å². The molecule has 5 heterocycles. The second kappa shape index (κ2) is 8.46. The van der Waals surface area contributed by atoms with Crippen LogP contribution in [0, 0.1) is 0 Å². The molecular formula is C25H28N6O4. The third-order valence-electron chi connectivity index (χ3n) is 6.56. The topological polar surface area (TPSA) is 133 Å². The Morgan fingerprint density at radius 3 is 2.66 bits per heavy atom. The van der Waals surface area contributed by atoms with Gasteiger partial charge in [0.15, 0.2) is 0 Å². The summed E-state index contributed by atoms with van der Waals surface area (Å²) >= 11 is 0. The zero-order chi connectivity index (χ0) is 24.9. The second-order valence-corrected chi connectivity index (χ2v) is 9.77. The van der Waals surface area contributed by atoms with Crippen molar-refractivity contribution in [3.8, 4) is 5.88 Å². The lowest BCUT2D eigenvalue weighted by Gasteiger charge is -2.36. The highest BCUT2D eigenvalue weighted by Crippen LogP contribution is 2.35. The molecule has 1 amide bonds. The third kappa shape index (κ3) is 4.25. The van der Waals surface area contributed by atoms with Gasteiger partial charge in [-0.3, -0.25) is 4.79 Å². The number of nitrogens with zero attached hydrogens (tertiary/aromatic N) is 4. The molecule has 1 unspecified atom stereocenters.